The zero-order valence-corrected chi connectivity index (χ0v) is 14.0. The van der Waals surface area contributed by atoms with Gasteiger partial charge in [0.1, 0.15) is 5.82 Å². The second-order valence-corrected chi connectivity index (χ2v) is 7.08. The molecule has 0 atom stereocenters. The molecule has 0 unspecified atom stereocenters. The lowest BCUT2D eigenvalue weighted by atomic mass is 9.70. The van der Waals surface area contributed by atoms with Crippen LogP contribution in [0.5, 0.6) is 0 Å². The molecule has 0 saturated heterocycles. The fourth-order valence-corrected chi connectivity index (χ4v) is 5.07. The average Bonchev–Trinajstić information content (AvgIpc) is 3.15. The number of rotatable bonds is 0. The van der Waals surface area contributed by atoms with Crippen LogP contribution in [-0.4, -0.2) is 0 Å². The van der Waals surface area contributed by atoms with Gasteiger partial charge in [-0.15, -0.1) is 0 Å². The van der Waals surface area contributed by atoms with Crippen LogP contribution in [0.1, 0.15) is 22.3 Å². The van der Waals surface area contributed by atoms with Crippen molar-refractivity contribution in [2.45, 2.75) is 5.41 Å². The summed E-state index contributed by atoms with van der Waals surface area (Å²) in [7, 11) is 0. The summed E-state index contributed by atoms with van der Waals surface area (Å²) < 4.78 is 14.4. The van der Waals surface area contributed by atoms with Crippen molar-refractivity contribution in [2.75, 3.05) is 0 Å². The Morgan fingerprint density at radius 2 is 0.885 bits per heavy atom. The third kappa shape index (κ3) is 1.46. The number of hydrogen-bond donors (Lipinski definition) is 0. The maximum atomic E-state index is 14.4. The van der Waals surface area contributed by atoms with Gasteiger partial charge < -0.3 is 0 Å². The van der Waals surface area contributed by atoms with E-state index in [1.54, 1.807) is 12.1 Å². The molecule has 0 fully saturated rings. The first-order valence-corrected chi connectivity index (χ1v) is 8.91. The molecule has 26 heavy (non-hydrogen) atoms. The van der Waals surface area contributed by atoms with Crippen LogP contribution < -0.4 is 0 Å². The van der Waals surface area contributed by atoms with Crippen LogP contribution >= 0.6 is 0 Å². The van der Waals surface area contributed by atoms with Crippen LogP contribution in [-0.2, 0) is 5.41 Å². The van der Waals surface area contributed by atoms with Gasteiger partial charge in [0, 0.05) is 0 Å². The summed E-state index contributed by atoms with van der Waals surface area (Å²) in [5.41, 5.74) is 9.19. The van der Waals surface area contributed by atoms with E-state index < -0.39 is 5.41 Å². The molecule has 122 valence electrons. The fraction of sp³-hybridized carbons (Fsp3) is 0.0400. The quantitative estimate of drug-likeness (QED) is 0.312. The number of fused-ring (bicyclic) bond motifs is 10. The lowest BCUT2D eigenvalue weighted by molar-refractivity contribution is 0.622. The van der Waals surface area contributed by atoms with E-state index in [4.69, 9.17) is 0 Å². The van der Waals surface area contributed by atoms with E-state index in [9.17, 15) is 4.39 Å². The third-order valence-electron chi connectivity index (χ3n) is 5.96. The molecule has 0 N–H and O–H groups in total. The van der Waals surface area contributed by atoms with Crippen LogP contribution in [0.15, 0.2) is 91.0 Å². The maximum absolute atomic E-state index is 14.4. The molecule has 0 aliphatic heterocycles. The summed E-state index contributed by atoms with van der Waals surface area (Å²) in [6.07, 6.45) is 0. The smallest absolute Gasteiger partial charge is 0.123 e. The van der Waals surface area contributed by atoms with Crippen LogP contribution in [0.25, 0.3) is 22.3 Å². The topological polar surface area (TPSA) is 0 Å². The lowest BCUT2D eigenvalue weighted by Gasteiger charge is -2.30. The van der Waals surface area contributed by atoms with Crippen LogP contribution in [0.3, 0.4) is 0 Å². The molecule has 0 amide bonds. The summed E-state index contributed by atoms with van der Waals surface area (Å²) in [5.74, 6) is -0.183. The van der Waals surface area contributed by atoms with Gasteiger partial charge in [0.25, 0.3) is 0 Å². The maximum Gasteiger partial charge on any atom is 0.123 e. The molecule has 0 saturated carbocycles. The van der Waals surface area contributed by atoms with E-state index in [0.717, 1.165) is 11.1 Å². The Labute approximate surface area is 151 Å². The molecule has 0 radical (unpaired) electrons. The Hall–Kier alpha value is -3.19. The summed E-state index contributed by atoms with van der Waals surface area (Å²) >= 11 is 0. The van der Waals surface area contributed by atoms with E-state index in [-0.39, 0.29) is 5.82 Å². The molecule has 2 aliphatic rings. The van der Waals surface area contributed by atoms with Crippen molar-refractivity contribution in [3.05, 3.63) is 119 Å². The normalized spacial score (nSPS) is 14.7. The monoisotopic (exact) mass is 334 g/mol. The number of hydrogen-bond acceptors (Lipinski definition) is 0. The lowest BCUT2D eigenvalue weighted by Crippen LogP contribution is -2.25. The van der Waals surface area contributed by atoms with Gasteiger partial charge in [-0.2, -0.15) is 0 Å². The second kappa shape index (κ2) is 4.70. The minimum Gasteiger partial charge on any atom is -0.207 e. The summed E-state index contributed by atoms with van der Waals surface area (Å²) in [6.45, 7) is 0. The first kappa shape index (κ1) is 14.0. The van der Waals surface area contributed by atoms with Crippen LogP contribution in [0.4, 0.5) is 4.39 Å². The minimum absolute atomic E-state index is 0.183. The zero-order valence-electron chi connectivity index (χ0n) is 14.0. The predicted molar refractivity (Wildman–Crippen MR) is 103 cm³/mol. The SMILES string of the molecule is Fc1ccc2c(c1)C1(c3ccccc3-c3ccccc31)c1ccccc1-2. The Balaban J connectivity index is 1.88. The molecule has 2 aliphatic carbocycles. The third-order valence-corrected chi connectivity index (χ3v) is 5.96. The van der Waals surface area contributed by atoms with Gasteiger partial charge in [-0.1, -0.05) is 78.9 Å². The Morgan fingerprint density at radius 1 is 0.462 bits per heavy atom. The first-order valence-electron chi connectivity index (χ1n) is 8.91. The highest BCUT2D eigenvalue weighted by Gasteiger charge is 2.51. The summed E-state index contributed by atoms with van der Waals surface area (Å²) in [5, 5.41) is 0. The number of halogens is 1. The molecule has 4 aromatic carbocycles. The molecule has 0 nitrogen and oxygen atoms in total. The minimum atomic E-state index is -0.429. The van der Waals surface area contributed by atoms with Crippen molar-refractivity contribution in [2.24, 2.45) is 0 Å². The van der Waals surface area contributed by atoms with Crippen molar-refractivity contribution in [3.8, 4) is 22.3 Å². The Kier molecular flexibility index (Phi) is 2.54. The highest BCUT2D eigenvalue weighted by atomic mass is 19.1. The Morgan fingerprint density at radius 3 is 1.38 bits per heavy atom. The van der Waals surface area contributed by atoms with Crippen molar-refractivity contribution in [1.29, 1.82) is 0 Å². The second-order valence-electron chi connectivity index (χ2n) is 7.08. The van der Waals surface area contributed by atoms with Gasteiger partial charge in [0.05, 0.1) is 5.41 Å². The van der Waals surface area contributed by atoms with E-state index in [1.165, 1.54) is 33.4 Å². The van der Waals surface area contributed by atoms with Gasteiger partial charge in [-0.3, -0.25) is 0 Å². The standard InChI is InChI=1S/C25H15F/c26-16-13-14-20-19-9-3-6-12-23(19)25(24(20)15-16)21-10-4-1-7-17(21)18-8-2-5-11-22(18)25/h1-15H. The molecule has 6 rings (SSSR count). The van der Waals surface area contributed by atoms with Crippen molar-refractivity contribution >= 4 is 0 Å². The predicted octanol–water partition coefficient (Wildman–Crippen LogP) is 6.17. The van der Waals surface area contributed by atoms with Crippen LogP contribution in [0, 0.1) is 5.82 Å². The van der Waals surface area contributed by atoms with Crippen molar-refractivity contribution in [1.82, 2.24) is 0 Å². The summed E-state index contributed by atoms with van der Waals surface area (Å²) in [6, 6.07) is 30.9. The molecule has 1 heteroatoms. The molecular formula is C25H15F. The molecule has 4 aromatic rings. The van der Waals surface area contributed by atoms with E-state index >= 15 is 0 Å². The molecular weight excluding hydrogens is 319 g/mol. The van der Waals surface area contributed by atoms with E-state index in [0.29, 0.717) is 0 Å². The van der Waals surface area contributed by atoms with Crippen molar-refractivity contribution in [3.63, 3.8) is 0 Å². The van der Waals surface area contributed by atoms with E-state index in [1.807, 2.05) is 6.07 Å². The number of benzene rings is 4. The highest BCUT2D eigenvalue weighted by Crippen LogP contribution is 2.62. The molecule has 0 heterocycles. The summed E-state index contributed by atoms with van der Waals surface area (Å²) in [4.78, 5) is 0. The van der Waals surface area contributed by atoms with Crippen molar-refractivity contribution < 1.29 is 4.39 Å². The largest absolute Gasteiger partial charge is 0.207 e. The Bertz CT molecular complexity index is 1140. The van der Waals surface area contributed by atoms with Gasteiger partial charge in [-0.05, 0) is 56.6 Å². The highest BCUT2D eigenvalue weighted by molar-refractivity contribution is 5.94. The molecule has 1 spiro atoms. The van der Waals surface area contributed by atoms with Gasteiger partial charge in [0.2, 0.25) is 0 Å². The van der Waals surface area contributed by atoms with Gasteiger partial charge >= 0.3 is 0 Å². The van der Waals surface area contributed by atoms with Crippen LogP contribution in [0.2, 0.25) is 0 Å². The first-order chi connectivity index (χ1) is 12.8. The van der Waals surface area contributed by atoms with Gasteiger partial charge in [-0.25, -0.2) is 4.39 Å². The van der Waals surface area contributed by atoms with E-state index in [2.05, 4.69) is 72.8 Å². The molecule has 0 bridgehead atoms. The average molecular weight is 334 g/mol. The molecule has 0 aromatic heterocycles. The van der Waals surface area contributed by atoms with Gasteiger partial charge in [0.15, 0.2) is 0 Å². The fourth-order valence-electron chi connectivity index (χ4n) is 5.07. The zero-order chi connectivity index (χ0) is 17.3.